The highest BCUT2D eigenvalue weighted by molar-refractivity contribution is 5.94. The minimum atomic E-state index is -0.618. The summed E-state index contributed by atoms with van der Waals surface area (Å²) in [4.78, 5) is 17.0. The molecule has 5 nitrogen and oxygen atoms in total. The van der Waals surface area contributed by atoms with E-state index < -0.39 is 6.10 Å². The highest BCUT2D eigenvalue weighted by atomic mass is 16.5. The Morgan fingerprint density at radius 3 is 2.52 bits per heavy atom. The molecule has 0 radical (unpaired) electrons. The lowest BCUT2D eigenvalue weighted by Crippen LogP contribution is -2.30. The van der Waals surface area contributed by atoms with Gasteiger partial charge in [-0.3, -0.25) is 4.79 Å². The number of nitrogens with zero attached hydrogens (tertiary/aromatic N) is 1. The van der Waals surface area contributed by atoms with Crippen molar-refractivity contribution in [1.82, 2.24) is 4.98 Å². The highest BCUT2D eigenvalue weighted by Crippen LogP contribution is 2.26. The molecule has 4 rings (SSSR count). The Morgan fingerprint density at radius 1 is 1.00 bits per heavy atom. The summed E-state index contributed by atoms with van der Waals surface area (Å²) in [5, 5.41) is 2.89. The second-order valence-corrected chi connectivity index (χ2v) is 7.01. The fraction of sp³-hybridized carbons (Fsp3) is 0.167. The van der Waals surface area contributed by atoms with Gasteiger partial charge in [0.15, 0.2) is 11.7 Å². The number of fused-ring (bicyclic) bond motifs is 1. The largest absolute Gasteiger partial charge is 0.481 e. The minimum absolute atomic E-state index is 0.208. The molecule has 0 unspecified atom stereocenters. The van der Waals surface area contributed by atoms with Gasteiger partial charge in [0.2, 0.25) is 5.89 Å². The molecule has 4 aromatic rings. The molecule has 0 fully saturated rings. The first kappa shape index (κ1) is 18.7. The zero-order chi connectivity index (χ0) is 20.4. The average molecular weight is 386 g/mol. The number of hydrogen-bond donors (Lipinski definition) is 1. The van der Waals surface area contributed by atoms with Gasteiger partial charge in [-0.2, -0.15) is 0 Å². The van der Waals surface area contributed by atoms with Crippen molar-refractivity contribution in [2.45, 2.75) is 26.9 Å². The first-order chi connectivity index (χ1) is 14.0. The number of rotatable bonds is 5. The van der Waals surface area contributed by atoms with E-state index >= 15 is 0 Å². The standard InChI is InChI=1S/C24H22N2O3/c1-15-7-6-10-21(16(15)2)28-17(3)23(27)25-19-13-11-18(12-14-19)24-26-20-8-4-5-9-22(20)29-24/h4-14,17H,1-3H3,(H,25,27)/t17-/m1/s1. The summed E-state index contributed by atoms with van der Waals surface area (Å²) >= 11 is 0. The molecule has 0 aliphatic heterocycles. The topological polar surface area (TPSA) is 64.4 Å². The summed E-state index contributed by atoms with van der Waals surface area (Å²) in [5.41, 5.74) is 5.26. The number of oxazole rings is 1. The monoisotopic (exact) mass is 386 g/mol. The Morgan fingerprint density at radius 2 is 1.76 bits per heavy atom. The van der Waals surface area contributed by atoms with E-state index in [4.69, 9.17) is 9.15 Å². The number of para-hydroxylation sites is 2. The van der Waals surface area contributed by atoms with Gasteiger partial charge < -0.3 is 14.5 Å². The number of aromatic nitrogens is 1. The van der Waals surface area contributed by atoms with Crippen LogP contribution in [0.15, 0.2) is 71.1 Å². The molecule has 1 N–H and O–H groups in total. The molecule has 0 bridgehead atoms. The van der Waals surface area contributed by atoms with Crippen molar-refractivity contribution in [2.75, 3.05) is 5.32 Å². The van der Waals surface area contributed by atoms with Gasteiger partial charge >= 0.3 is 0 Å². The van der Waals surface area contributed by atoms with Crippen LogP contribution < -0.4 is 10.1 Å². The third-order valence-electron chi connectivity index (χ3n) is 4.92. The van der Waals surface area contributed by atoms with Crippen molar-refractivity contribution in [3.8, 4) is 17.2 Å². The summed E-state index contributed by atoms with van der Waals surface area (Å²) in [7, 11) is 0. The lowest BCUT2D eigenvalue weighted by Gasteiger charge is -2.17. The van der Waals surface area contributed by atoms with E-state index in [1.165, 1.54) is 0 Å². The van der Waals surface area contributed by atoms with Crippen molar-refractivity contribution in [3.63, 3.8) is 0 Å². The Hall–Kier alpha value is -3.60. The van der Waals surface area contributed by atoms with Crippen LogP contribution in [0.1, 0.15) is 18.1 Å². The molecule has 0 saturated heterocycles. The number of amides is 1. The summed E-state index contributed by atoms with van der Waals surface area (Å²) in [5.74, 6) is 1.06. The summed E-state index contributed by atoms with van der Waals surface area (Å²) in [6.45, 7) is 5.75. The third-order valence-corrected chi connectivity index (χ3v) is 4.92. The summed E-state index contributed by atoms with van der Waals surface area (Å²) in [6, 6.07) is 20.9. The van der Waals surface area contributed by atoms with E-state index in [-0.39, 0.29) is 5.91 Å². The molecular weight excluding hydrogens is 364 g/mol. The van der Waals surface area contributed by atoms with Crippen LogP contribution in [0, 0.1) is 13.8 Å². The number of ether oxygens (including phenoxy) is 1. The molecule has 0 aliphatic rings. The average Bonchev–Trinajstić information content (AvgIpc) is 3.16. The number of carbonyl (C=O) groups excluding carboxylic acids is 1. The van der Waals surface area contributed by atoms with Crippen molar-refractivity contribution in [3.05, 3.63) is 77.9 Å². The Balaban J connectivity index is 1.44. The predicted octanol–water partition coefficient (Wildman–Crippen LogP) is 5.52. The molecule has 1 atom stereocenters. The fourth-order valence-corrected chi connectivity index (χ4v) is 3.03. The van der Waals surface area contributed by atoms with E-state index in [1.807, 2.05) is 80.6 Å². The van der Waals surface area contributed by atoms with Crippen LogP contribution in [0.3, 0.4) is 0 Å². The van der Waals surface area contributed by atoms with E-state index in [9.17, 15) is 4.79 Å². The fourth-order valence-electron chi connectivity index (χ4n) is 3.03. The van der Waals surface area contributed by atoms with Gasteiger partial charge in [-0.05, 0) is 74.4 Å². The maximum Gasteiger partial charge on any atom is 0.265 e. The van der Waals surface area contributed by atoms with Crippen molar-refractivity contribution >= 4 is 22.7 Å². The first-order valence-corrected chi connectivity index (χ1v) is 9.51. The van der Waals surface area contributed by atoms with E-state index in [2.05, 4.69) is 10.3 Å². The molecule has 3 aromatic carbocycles. The van der Waals surface area contributed by atoms with Gasteiger partial charge in [0.05, 0.1) is 0 Å². The SMILES string of the molecule is Cc1cccc(O[C@H](C)C(=O)Nc2ccc(-c3nc4ccccc4o3)cc2)c1C. The van der Waals surface area contributed by atoms with Crippen LogP contribution >= 0.6 is 0 Å². The number of anilines is 1. The lowest BCUT2D eigenvalue weighted by atomic mass is 10.1. The smallest absolute Gasteiger partial charge is 0.265 e. The van der Waals surface area contributed by atoms with E-state index in [0.29, 0.717) is 11.6 Å². The van der Waals surface area contributed by atoms with Crippen LogP contribution in [0.2, 0.25) is 0 Å². The summed E-state index contributed by atoms with van der Waals surface area (Å²) in [6.07, 6.45) is -0.618. The molecular formula is C24H22N2O3. The normalized spacial score (nSPS) is 12.0. The third kappa shape index (κ3) is 3.99. The predicted molar refractivity (Wildman–Crippen MR) is 114 cm³/mol. The second kappa shape index (κ2) is 7.80. The lowest BCUT2D eigenvalue weighted by molar-refractivity contribution is -0.122. The van der Waals surface area contributed by atoms with Gasteiger partial charge in [0, 0.05) is 11.3 Å². The minimum Gasteiger partial charge on any atom is -0.481 e. The van der Waals surface area contributed by atoms with E-state index in [0.717, 1.165) is 33.5 Å². The zero-order valence-corrected chi connectivity index (χ0v) is 16.6. The first-order valence-electron chi connectivity index (χ1n) is 9.51. The maximum atomic E-state index is 12.5. The molecule has 0 saturated carbocycles. The quantitative estimate of drug-likeness (QED) is 0.491. The second-order valence-electron chi connectivity index (χ2n) is 7.01. The summed E-state index contributed by atoms with van der Waals surface area (Å²) < 4.78 is 11.6. The van der Waals surface area contributed by atoms with Gasteiger partial charge in [-0.25, -0.2) is 4.98 Å². The van der Waals surface area contributed by atoms with Crippen molar-refractivity contribution < 1.29 is 13.9 Å². The number of nitrogens with one attached hydrogen (secondary N) is 1. The molecule has 29 heavy (non-hydrogen) atoms. The Bertz CT molecular complexity index is 1130. The number of carbonyl (C=O) groups is 1. The maximum absolute atomic E-state index is 12.5. The van der Waals surface area contributed by atoms with Crippen LogP contribution in [-0.4, -0.2) is 17.0 Å². The number of aryl methyl sites for hydroxylation is 1. The van der Waals surface area contributed by atoms with Crippen molar-refractivity contribution in [1.29, 1.82) is 0 Å². The van der Waals surface area contributed by atoms with Crippen LogP contribution in [0.5, 0.6) is 5.75 Å². The molecule has 5 heteroatoms. The van der Waals surface area contributed by atoms with Gasteiger partial charge in [0.1, 0.15) is 11.3 Å². The molecule has 0 aliphatic carbocycles. The molecule has 0 spiro atoms. The number of hydrogen-bond acceptors (Lipinski definition) is 4. The van der Waals surface area contributed by atoms with Gasteiger partial charge in [0.25, 0.3) is 5.91 Å². The van der Waals surface area contributed by atoms with E-state index in [1.54, 1.807) is 6.92 Å². The molecule has 1 heterocycles. The Labute approximate surface area is 169 Å². The van der Waals surface area contributed by atoms with Gasteiger partial charge in [-0.1, -0.05) is 24.3 Å². The van der Waals surface area contributed by atoms with Crippen molar-refractivity contribution in [2.24, 2.45) is 0 Å². The number of benzene rings is 3. The van der Waals surface area contributed by atoms with Gasteiger partial charge in [-0.15, -0.1) is 0 Å². The molecule has 1 amide bonds. The molecule has 1 aromatic heterocycles. The van der Waals surface area contributed by atoms with Crippen LogP contribution in [0.4, 0.5) is 5.69 Å². The Kier molecular flexibility index (Phi) is 5.04. The van der Waals surface area contributed by atoms with Crippen LogP contribution in [-0.2, 0) is 4.79 Å². The molecule has 146 valence electrons. The zero-order valence-electron chi connectivity index (χ0n) is 16.6. The highest BCUT2D eigenvalue weighted by Gasteiger charge is 2.16. The van der Waals surface area contributed by atoms with Crippen LogP contribution in [0.25, 0.3) is 22.6 Å².